The summed E-state index contributed by atoms with van der Waals surface area (Å²) < 4.78 is 37.2. The first-order chi connectivity index (χ1) is 35.1. The fourth-order valence-electron chi connectivity index (χ4n) is 11.1. The number of rotatable bonds is 12. The van der Waals surface area contributed by atoms with E-state index < -0.39 is 23.6 Å². The number of hydrogen-bond donors (Lipinski definition) is 2. The second kappa shape index (κ2) is 19.7. The van der Waals surface area contributed by atoms with Crippen LogP contribution >= 0.6 is 0 Å². The highest BCUT2D eigenvalue weighted by atomic mass is 19.1. The number of amides is 2. The molecular weight excluding hydrogens is 931 g/mol. The number of imide groups is 1. The van der Waals surface area contributed by atoms with Crippen molar-refractivity contribution in [1.29, 1.82) is 0 Å². The SMILES string of the molecule is CNc1cc(=O)n(-c2ccnc3c2cc(C(C)N2CC=C(c4c(C)cc(C(=O)C=C(C)c5ccc(N6CCC(Cc7ccc8c(c7)n(C)c(=O)n8[C@@H]7CCC(=O)NC7=O)CC6)nc5)cc4F)CC2)n3C)cc1F. The number of piperidine rings is 2. The number of pyridine rings is 3. The van der Waals surface area contributed by atoms with E-state index in [1.54, 1.807) is 43.2 Å². The summed E-state index contributed by atoms with van der Waals surface area (Å²) in [5.41, 5.74) is 8.10. The second-order valence-electron chi connectivity index (χ2n) is 19.7. The Morgan fingerprint density at radius 3 is 2.38 bits per heavy atom. The Bertz CT molecular complexity index is 3540. The molecule has 0 aliphatic carbocycles. The Hall–Kier alpha value is -7.79. The van der Waals surface area contributed by atoms with E-state index in [9.17, 15) is 28.4 Å². The number of nitrogens with zero attached hydrogens (tertiary/aromatic N) is 8. The minimum absolute atomic E-state index is 0.0624. The maximum absolute atomic E-state index is 16.1. The molecule has 2 amide bonds. The van der Waals surface area contributed by atoms with Crippen LogP contribution in [0.4, 0.5) is 20.3 Å². The molecule has 15 nitrogen and oxygen atoms in total. The number of anilines is 2. The number of carbonyl (C=O) groups is 3. The number of carbonyl (C=O) groups excluding carboxylic acids is 3. The first-order valence-electron chi connectivity index (χ1n) is 24.8. The lowest BCUT2D eigenvalue weighted by Gasteiger charge is -2.33. The van der Waals surface area contributed by atoms with Crippen molar-refractivity contribution >= 4 is 62.3 Å². The molecule has 3 aliphatic heterocycles. The van der Waals surface area contributed by atoms with Gasteiger partial charge in [-0.05, 0) is 141 Å². The summed E-state index contributed by atoms with van der Waals surface area (Å²) in [7, 11) is 5.20. The van der Waals surface area contributed by atoms with E-state index in [0.717, 1.165) is 77.0 Å². The van der Waals surface area contributed by atoms with Crippen molar-refractivity contribution in [3.8, 4) is 5.69 Å². The Labute approximate surface area is 420 Å². The summed E-state index contributed by atoms with van der Waals surface area (Å²) in [6, 6.07) is 17.2. The number of imidazole rings is 1. The van der Waals surface area contributed by atoms with Gasteiger partial charge in [-0.3, -0.25) is 43.1 Å². The molecular formula is C56H58F2N10O5. The van der Waals surface area contributed by atoms with Crippen molar-refractivity contribution in [2.24, 2.45) is 20.0 Å². The number of halogens is 2. The van der Waals surface area contributed by atoms with Crippen molar-refractivity contribution in [2.75, 3.05) is 43.4 Å². The molecule has 0 saturated carbocycles. The maximum atomic E-state index is 16.1. The molecule has 0 radical (unpaired) electrons. The van der Waals surface area contributed by atoms with E-state index in [1.807, 2.05) is 61.9 Å². The molecule has 5 aromatic heterocycles. The Balaban J connectivity index is 0.753. The van der Waals surface area contributed by atoms with E-state index >= 15 is 4.39 Å². The third kappa shape index (κ3) is 9.22. The first-order valence-corrected chi connectivity index (χ1v) is 24.8. The van der Waals surface area contributed by atoms with Crippen LogP contribution in [-0.4, -0.2) is 84.0 Å². The topological polar surface area (TPSA) is 161 Å². The van der Waals surface area contributed by atoms with Gasteiger partial charge >= 0.3 is 5.69 Å². The van der Waals surface area contributed by atoms with Gasteiger partial charge in [-0.2, -0.15) is 0 Å². The van der Waals surface area contributed by atoms with Gasteiger partial charge in [0.05, 0.1) is 28.6 Å². The van der Waals surface area contributed by atoms with Crippen LogP contribution in [0.3, 0.4) is 0 Å². The molecule has 2 aromatic carbocycles. The van der Waals surface area contributed by atoms with Crippen LogP contribution in [0, 0.1) is 24.5 Å². The van der Waals surface area contributed by atoms with Crippen LogP contribution in [0.15, 0.2) is 101 Å². The molecule has 376 valence electrons. The number of hydrogen-bond acceptors (Lipinski definition) is 10. The number of aromatic nitrogens is 6. The Kier molecular flexibility index (Phi) is 13.2. The molecule has 0 spiro atoms. The summed E-state index contributed by atoms with van der Waals surface area (Å²) in [5, 5.41) is 5.79. The highest BCUT2D eigenvalue weighted by Crippen LogP contribution is 2.35. The average Bonchev–Trinajstić information content (AvgIpc) is 3.85. The van der Waals surface area contributed by atoms with E-state index in [2.05, 4.69) is 38.4 Å². The first kappa shape index (κ1) is 48.8. The Morgan fingerprint density at radius 2 is 1.68 bits per heavy atom. The maximum Gasteiger partial charge on any atom is 0.329 e. The van der Waals surface area contributed by atoms with Crippen LogP contribution in [0.25, 0.3) is 38.9 Å². The highest BCUT2D eigenvalue weighted by Gasteiger charge is 2.32. The molecule has 73 heavy (non-hydrogen) atoms. The zero-order valence-electron chi connectivity index (χ0n) is 41.8. The minimum atomic E-state index is -0.716. The van der Waals surface area contributed by atoms with E-state index in [-0.39, 0.29) is 46.7 Å². The van der Waals surface area contributed by atoms with Crippen LogP contribution in [-0.2, 0) is 30.1 Å². The fourth-order valence-corrected chi connectivity index (χ4v) is 11.1. The lowest BCUT2D eigenvalue weighted by Crippen LogP contribution is -2.44. The van der Waals surface area contributed by atoms with Crippen molar-refractivity contribution in [1.82, 2.24) is 38.5 Å². The van der Waals surface area contributed by atoms with Crippen LogP contribution in [0.5, 0.6) is 0 Å². The van der Waals surface area contributed by atoms with Crippen LogP contribution in [0.1, 0.15) is 96.3 Å². The number of nitrogens with one attached hydrogen (secondary N) is 2. The molecule has 2 atom stereocenters. The molecule has 7 aromatic rings. The third-order valence-corrected chi connectivity index (χ3v) is 15.3. The summed E-state index contributed by atoms with van der Waals surface area (Å²) in [6.45, 7) is 8.69. The van der Waals surface area contributed by atoms with E-state index in [0.29, 0.717) is 59.8 Å². The smallest absolute Gasteiger partial charge is 0.329 e. The van der Waals surface area contributed by atoms with Gasteiger partial charge < -0.3 is 14.8 Å². The minimum Gasteiger partial charge on any atom is -0.386 e. The largest absolute Gasteiger partial charge is 0.386 e. The lowest BCUT2D eigenvalue weighted by molar-refractivity contribution is -0.135. The summed E-state index contributed by atoms with van der Waals surface area (Å²) >= 11 is 0. The molecule has 8 heterocycles. The van der Waals surface area contributed by atoms with Gasteiger partial charge in [0.2, 0.25) is 11.8 Å². The second-order valence-corrected chi connectivity index (χ2v) is 19.7. The van der Waals surface area contributed by atoms with Crippen molar-refractivity contribution < 1.29 is 23.2 Å². The average molecular weight is 989 g/mol. The monoisotopic (exact) mass is 988 g/mol. The number of allylic oxidation sites excluding steroid dienone is 2. The number of benzene rings is 2. The van der Waals surface area contributed by atoms with Gasteiger partial charge in [0.1, 0.15) is 23.3 Å². The molecule has 2 saturated heterocycles. The van der Waals surface area contributed by atoms with Gasteiger partial charge in [-0.1, -0.05) is 12.1 Å². The van der Waals surface area contributed by atoms with E-state index in [1.165, 1.54) is 33.5 Å². The van der Waals surface area contributed by atoms with Crippen LogP contribution < -0.4 is 26.8 Å². The third-order valence-electron chi connectivity index (χ3n) is 15.3. The summed E-state index contributed by atoms with van der Waals surface area (Å²) in [5.74, 6) is -0.732. The lowest BCUT2D eigenvalue weighted by atomic mass is 9.90. The van der Waals surface area contributed by atoms with Gasteiger partial charge in [0, 0.05) is 100 Å². The van der Waals surface area contributed by atoms with E-state index in [4.69, 9.17) is 4.98 Å². The zero-order valence-corrected chi connectivity index (χ0v) is 41.8. The highest BCUT2D eigenvalue weighted by molar-refractivity contribution is 6.08. The van der Waals surface area contributed by atoms with Gasteiger partial charge in [-0.25, -0.2) is 23.5 Å². The van der Waals surface area contributed by atoms with Gasteiger partial charge in [-0.15, -0.1) is 0 Å². The standard InChI is InChI=1S/C56H58F2N10O5/c1-32(38-8-11-50(61-30-38)66-19-14-35(15-20-66)25-36-7-9-45-48(26-36)64(6)56(73)68(45)46-10-12-51(70)62-55(46)72)24-49(69)39-23-33(2)53(41(57)27-39)37-16-21-65(22-17-37)34(3)47-28-40-44(13-18-60-54(40)63(47)5)67-31-42(58)43(59-4)29-52(67)71/h7-9,11,13,16,18,23-24,26-31,34-35,46,59H,10,12,14-15,17,19-22,25H2,1-6H3,(H,62,70,72)/t34?,46-/m1/s1. The summed E-state index contributed by atoms with van der Waals surface area (Å²) in [4.78, 5) is 78.2. The normalized spacial score (nSPS) is 17.6. The van der Waals surface area contributed by atoms with Gasteiger partial charge in [0.15, 0.2) is 11.6 Å². The zero-order chi connectivity index (χ0) is 51.4. The van der Waals surface area contributed by atoms with Crippen LogP contribution in [0.2, 0.25) is 0 Å². The molecule has 2 N–H and O–H groups in total. The molecule has 0 bridgehead atoms. The number of aryl methyl sites for hydroxylation is 3. The quantitative estimate of drug-likeness (QED) is 0.0698. The molecule has 1 unspecified atom stereocenters. The number of fused-ring (bicyclic) bond motifs is 2. The van der Waals surface area contributed by atoms with Crippen molar-refractivity contribution in [3.63, 3.8) is 0 Å². The predicted octanol–water partition coefficient (Wildman–Crippen LogP) is 7.97. The summed E-state index contributed by atoms with van der Waals surface area (Å²) in [6.07, 6.45) is 12.0. The fraction of sp³-hybridized carbons (Fsp3) is 0.339. The molecule has 3 aliphatic rings. The number of ketones is 1. The van der Waals surface area contributed by atoms with Crippen molar-refractivity contribution in [3.05, 3.63) is 157 Å². The molecule has 10 rings (SSSR count). The Morgan fingerprint density at radius 1 is 0.890 bits per heavy atom. The predicted molar refractivity (Wildman–Crippen MR) is 279 cm³/mol. The van der Waals surface area contributed by atoms with Gasteiger partial charge in [0.25, 0.3) is 5.56 Å². The molecule has 17 heteroatoms. The van der Waals surface area contributed by atoms with Crippen molar-refractivity contribution in [2.45, 2.75) is 71.4 Å². The molecule has 2 fully saturated rings.